The molecular weight excluding hydrogens is 376 g/mol. The van der Waals surface area contributed by atoms with Crippen LogP contribution in [0.15, 0.2) is 11.6 Å². The topological polar surface area (TPSA) is 59.9 Å². The Morgan fingerprint density at radius 1 is 1.04 bits per heavy atom. The Morgan fingerprint density at radius 2 is 1.74 bits per heavy atom. The zero-order valence-corrected chi connectivity index (χ0v) is 18.3. The molecule has 0 N–H and O–H groups in total. The van der Waals surface area contributed by atoms with Crippen LogP contribution >= 0.6 is 22.7 Å². The highest BCUT2D eigenvalue weighted by atomic mass is 32.1. The SMILES string of the molecule is CCC(=O)CCCCCCCC(=O)c1nc(-c2nccs2)sc1CC(C)C. The van der Waals surface area contributed by atoms with Crippen LogP contribution in [-0.4, -0.2) is 21.5 Å². The summed E-state index contributed by atoms with van der Waals surface area (Å²) in [6.45, 7) is 6.25. The van der Waals surface area contributed by atoms with Crippen LogP contribution < -0.4 is 0 Å². The summed E-state index contributed by atoms with van der Waals surface area (Å²) < 4.78 is 0. The van der Waals surface area contributed by atoms with Crippen molar-refractivity contribution in [2.75, 3.05) is 0 Å². The van der Waals surface area contributed by atoms with E-state index < -0.39 is 0 Å². The summed E-state index contributed by atoms with van der Waals surface area (Å²) in [5, 5.41) is 3.70. The van der Waals surface area contributed by atoms with Crippen LogP contribution in [-0.2, 0) is 11.2 Å². The molecule has 0 saturated carbocycles. The fourth-order valence-corrected chi connectivity index (χ4v) is 4.90. The van der Waals surface area contributed by atoms with E-state index in [0.717, 1.165) is 53.4 Å². The van der Waals surface area contributed by atoms with Gasteiger partial charge in [0.05, 0.1) is 0 Å². The van der Waals surface area contributed by atoms with Crippen LogP contribution in [0.5, 0.6) is 0 Å². The highest BCUT2D eigenvalue weighted by molar-refractivity contribution is 7.20. The van der Waals surface area contributed by atoms with Crippen LogP contribution in [0, 0.1) is 5.92 Å². The lowest BCUT2D eigenvalue weighted by Gasteiger charge is -2.05. The molecule has 0 aromatic carbocycles. The van der Waals surface area contributed by atoms with Crippen molar-refractivity contribution in [3.05, 3.63) is 22.1 Å². The molecule has 0 aliphatic rings. The molecule has 2 heterocycles. The summed E-state index contributed by atoms with van der Waals surface area (Å²) in [7, 11) is 0. The third-order valence-electron chi connectivity index (χ3n) is 4.42. The van der Waals surface area contributed by atoms with Crippen LogP contribution in [0.25, 0.3) is 10.0 Å². The molecule has 0 radical (unpaired) electrons. The van der Waals surface area contributed by atoms with E-state index in [1.807, 2.05) is 12.3 Å². The van der Waals surface area contributed by atoms with Crippen molar-refractivity contribution in [2.24, 2.45) is 5.92 Å². The van der Waals surface area contributed by atoms with Gasteiger partial charge in [0, 0.05) is 35.7 Å². The van der Waals surface area contributed by atoms with Gasteiger partial charge in [0.25, 0.3) is 0 Å². The van der Waals surface area contributed by atoms with E-state index in [4.69, 9.17) is 0 Å². The molecule has 0 amide bonds. The summed E-state index contributed by atoms with van der Waals surface area (Å²) in [5.41, 5.74) is 0.660. The average Bonchev–Trinajstić information content (AvgIpc) is 3.29. The first-order valence-electron chi connectivity index (χ1n) is 9.95. The maximum Gasteiger partial charge on any atom is 0.182 e. The van der Waals surface area contributed by atoms with E-state index in [-0.39, 0.29) is 5.78 Å². The zero-order chi connectivity index (χ0) is 19.6. The van der Waals surface area contributed by atoms with Crippen molar-refractivity contribution >= 4 is 34.2 Å². The molecular formula is C21H30N2O2S2. The largest absolute Gasteiger partial charge is 0.300 e. The van der Waals surface area contributed by atoms with Gasteiger partial charge in [-0.1, -0.05) is 40.0 Å². The second kappa shape index (κ2) is 11.4. The van der Waals surface area contributed by atoms with Gasteiger partial charge in [0.2, 0.25) is 0 Å². The molecule has 0 aliphatic carbocycles. The maximum absolute atomic E-state index is 12.7. The van der Waals surface area contributed by atoms with Gasteiger partial charge in [-0.3, -0.25) is 9.59 Å². The molecule has 2 aromatic heterocycles. The van der Waals surface area contributed by atoms with E-state index in [9.17, 15) is 9.59 Å². The number of hydrogen-bond acceptors (Lipinski definition) is 6. The normalized spacial score (nSPS) is 11.3. The first-order valence-corrected chi connectivity index (χ1v) is 11.6. The van der Waals surface area contributed by atoms with Crippen LogP contribution in [0.4, 0.5) is 0 Å². The second-order valence-electron chi connectivity index (χ2n) is 7.31. The smallest absolute Gasteiger partial charge is 0.182 e. The fraction of sp³-hybridized carbons (Fsp3) is 0.619. The van der Waals surface area contributed by atoms with E-state index in [1.54, 1.807) is 28.9 Å². The predicted octanol–water partition coefficient (Wildman–Crippen LogP) is 6.36. The van der Waals surface area contributed by atoms with Gasteiger partial charge in [-0.25, -0.2) is 9.97 Å². The molecule has 0 spiro atoms. The summed E-state index contributed by atoms with van der Waals surface area (Å²) in [6.07, 6.45) is 9.63. The summed E-state index contributed by atoms with van der Waals surface area (Å²) in [5.74, 6) is 1.00. The van der Waals surface area contributed by atoms with E-state index in [2.05, 4.69) is 23.8 Å². The van der Waals surface area contributed by atoms with Crippen molar-refractivity contribution in [3.63, 3.8) is 0 Å². The van der Waals surface area contributed by atoms with Gasteiger partial charge in [0.1, 0.15) is 11.5 Å². The van der Waals surface area contributed by atoms with E-state index >= 15 is 0 Å². The molecule has 148 valence electrons. The van der Waals surface area contributed by atoms with Gasteiger partial charge >= 0.3 is 0 Å². The minimum atomic E-state index is 0.158. The van der Waals surface area contributed by atoms with Gasteiger partial charge in [-0.2, -0.15) is 0 Å². The first-order chi connectivity index (χ1) is 13.0. The number of carbonyl (C=O) groups excluding carboxylic acids is 2. The number of rotatable bonds is 13. The lowest BCUT2D eigenvalue weighted by molar-refractivity contribution is -0.118. The number of hydrogen-bond donors (Lipinski definition) is 0. The molecule has 2 rings (SSSR count). The lowest BCUT2D eigenvalue weighted by Crippen LogP contribution is -2.05. The van der Waals surface area contributed by atoms with Crippen LogP contribution in [0.2, 0.25) is 0 Å². The lowest BCUT2D eigenvalue weighted by atomic mass is 10.0. The molecule has 6 heteroatoms. The van der Waals surface area contributed by atoms with Crippen molar-refractivity contribution in [3.8, 4) is 10.0 Å². The van der Waals surface area contributed by atoms with Gasteiger partial charge in [0.15, 0.2) is 15.8 Å². The summed E-state index contributed by atoms with van der Waals surface area (Å²) in [4.78, 5) is 34.1. The minimum Gasteiger partial charge on any atom is -0.300 e. The Morgan fingerprint density at radius 3 is 2.37 bits per heavy atom. The molecule has 0 unspecified atom stereocenters. The maximum atomic E-state index is 12.7. The van der Waals surface area contributed by atoms with E-state index in [0.29, 0.717) is 36.7 Å². The Balaban J connectivity index is 1.85. The van der Waals surface area contributed by atoms with Crippen molar-refractivity contribution in [2.45, 2.75) is 78.6 Å². The highest BCUT2D eigenvalue weighted by Crippen LogP contribution is 2.31. The molecule has 4 nitrogen and oxygen atoms in total. The predicted molar refractivity (Wildman–Crippen MR) is 114 cm³/mol. The zero-order valence-electron chi connectivity index (χ0n) is 16.6. The second-order valence-corrected chi connectivity index (χ2v) is 9.29. The number of thiazole rings is 2. The number of ketones is 2. The van der Waals surface area contributed by atoms with Gasteiger partial charge in [-0.05, 0) is 25.2 Å². The number of unbranched alkanes of at least 4 members (excludes halogenated alkanes) is 4. The van der Waals surface area contributed by atoms with Gasteiger partial charge in [-0.15, -0.1) is 22.7 Å². The van der Waals surface area contributed by atoms with Crippen molar-refractivity contribution < 1.29 is 9.59 Å². The number of aromatic nitrogens is 2. The first kappa shape index (κ1) is 21.9. The monoisotopic (exact) mass is 406 g/mol. The van der Waals surface area contributed by atoms with Crippen molar-refractivity contribution in [1.29, 1.82) is 0 Å². The quantitative estimate of drug-likeness (QED) is 0.287. The molecule has 27 heavy (non-hydrogen) atoms. The Bertz CT molecular complexity index is 721. The van der Waals surface area contributed by atoms with Crippen LogP contribution in [0.3, 0.4) is 0 Å². The Kier molecular flexibility index (Phi) is 9.28. The number of nitrogens with zero attached hydrogens (tertiary/aromatic N) is 2. The molecule has 0 fully saturated rings. The van der Waals surface area contributed by atoms with Crippen molar-refractivity contribution in [1.82, 2.24) is 9.97 Å². The fourth-order valence-electron chi connectivity index (χ4n) is 2.93. The average molecular weight is 407 g/mol. The molecule has 0 saturated heterocycles. The van der Waals surface area contributed by atoms with Gasteiger partial charge < -0.3 is 0 Å². The number of Topliss-reactive ketones (excluding diaryl/α,β-unsaturated/α-hetero) is 2. The molecule has 0 aliphatic heterocycles. The third-order valence-corrected chi connectivity index (χ3v) is 6.42. The molecule has 0 atom stereocenters. The third kappa shape index (κ3) is 7.26. The Labute approximate surface area is 170 Å². The standard InChI is InChI=1S/C21H30N2O2S2/c1-4-16(24)10-8-6-5-7-9-11-17(25)19-18(14-15(2)3)27-21(23-19)20-22-12-13-26-20/h12-13,15H,4-11,14H2,1-3H3. The molecule has 0 bridgehead atoms. The Hall–Kier alpha value is -1.40. The summed E-state index contributed by atoms with van der Waals surface area (Å²) in [6, 6.07) is 0. The summed E-state index contributed by atoms with van der Waals surface area (Å²) >= 11 is 3.18. The molecule has 2 aromatic rings. The number of carbonyl (C=O) groups is 2. The van der Waals surface area contributed by atoms with Crippen LogP contribution in [0.1, 0.15) is 87.5 Å². The highest BCUT2D eigenvalue weighted by Gasteiger charge is 2.20. The van der Waals surface area contributed by atoms with E-state index in [1.165, 1.54) is 0 Å². The minimum absolute atomic E-state index is 0.158.